The number of carbonyl (C=O) groups excluding carboxylic acids is 1. The highest BCUT2D eigenvalue weighted by atomic mass is 35.6. The standard InChI is InChI=1S/C32H32Cl6N2O7/c33-31(34,35)20-45-30(41)40-25-27(44-18-23-14-8-3-9-15-23)26(43-17-22-12-6-2-7-13-22)24(19-42-16-21-10-4-1-5-11-21)46-28(25)47-29(39)32(36,37)38/h1-15,24-28,39H,16-20H2,(H,40,41)/t24-,25-,26-,27-,28?/m1/s1. The van der Waals surface area contributed by atoms with Gasteiger partial charge in [-0.15, -0.1) is 0 Å². The minimum Gasteiger partial charge on any atom is -0.446 e. The molecule has 0 aliphatic carbocycles. The van der Waals surface area contributed by atoms with Gasteiger partial charge in [0.05, 0.1) is 26.4 Å². The van der Waals surface area contributed by atoms with E-state index in [0.717, 1.165) is 16.7 Å². The molecule has 0 saturated carbocycles. The van der Waals surface area contributed by atoms with Gasteiger partial charge in [-0.2, -0.15) is 0 Å². The molecular formula is C32H32Cl6N2O7. The summed E-state index contributed by atoms with van der Waals surface area (Å²) in [6.07, 6.45) is -5.15. The summed E-state index contributed by atoms with van der Waals surface area (Å²) in [5.41, 5.74) is 2.65. The predicted molar refractivity (Wildman–Crippen MR) is 182 cm³/mol. The quantitative estimate of drug-likeness (QED) is 0.103. The normalized spacial score (nSPS) is 21.5. The molecule has 1 heterocycles. The lowest BCUT2D eigenvalue weighted by molar-refractivity contribution is -0.273. The van der Waals surface area contributed by atoms with Crippen molar-refractivity contribution in [1.82, 2.24) is 5.32 Å². The molecular weight excluding hydrogens is 737 g/mol. The molecule has 1 unspecified atom stereocenters. The Bertz CT molecular complexity index is 1400. The van der Waals surface area contributed by atoms with Gasteiger partial charge in [-0.25, -0.2) is 4.79 Å². The summed E-state index contributed by atoms with van der Waals surface area (Å²) in [6.45, 7) is -0.0292. The molecule has 1 saturated heterocycles. The van der Waals surface area contributed by atoms with Crippen LogP contribution in [0.1, 0.15) is 16.7 Å². The van der Waals surface area contributed by atoms with Gasteiger partial charge < -0.3 is 33.7 Å². The summed E-state index contributed by atoms with van der Waals surface area (Å²) in [7, 11) is 0. The van der Waals surface area contributed by atoms with E-state index in [1.54, 1.807) is 0 Å². The number of hydrogen-bond donors (Lipinski definition) is 2. The molecule has 2 N–H and O–H groups in total. The Labute approximate surface area is 303 Å². The number of amides is 1. The summed E-state index contributed by atoms with van der Waals surface area (Å²) in [5.74, 6) is -0.761. The van der Waals surface area contributed by atoms with E-state index in [0.29, 0.717) is 0 Å². The first-order valence-corrected chi connectivity index (χ1v) is 16.6. The number of alkyl carbamates (subject to hydrolysis) is 1. The van der Waals surface area contributed by atoms with Gasteiger partial charge in [0, 0.05) is 0 Å². The topological polar surface area (TPSA) is 108 Å². The van der Waals surface area contributed by atoms with E-state index in [4.69, 9.17) is 103 Å². The average molecular weight is 769 g/mol. The van der Waals surface area contributed by atoms with Gasteiger partial charge in [-0.3, -0.25) is 5.41 Å². The predicted octanol–water partition coefficient (Wildman–Crippen LogP) is 7.93. The number of alkyl halides is 6. The number of benzene rings is 3. The molecule has 15 heteroatoms. The molecule has 1 amide bonds. The zero-order valence-corrected chi connectivity index (χ0v) is 29.2. The first-order valence-electron chi connectivity index (χ1n) is 14.3. The van der Waals surface area contributed by atoms with Crippen LogP contribution < -0.4 is 5.32 Å². The third-order valence-electron chi connectivity index (χ3n) is 6.75. The van der Waals surface area contributed by atoms with Gasteiger partial charge in [0.15, 0.2) is 0 Å². The van der Waals surface area contributed by atoms with Crippen molar-refractivity contribution in [3.8, 4) is 0 Å². The van der Waals surface area contributed by atoms with Crippen LogP contribution in [0.4, 0.5) is 4.79 Å². The van der Waals surface area contributed by atoms with E-state index >= 15 is 0 Å². The Morgan fingerprint density at radius 1 is 0.745 bits per heavy atom. The Kier molecular flexibility index (Phi) is 14.6. The molecule has 1 aliphatic rings. The Hall–Kier alpha value is -2.02. The molecule has 1 fully saturated rings. The van der Waals surface area contributed by atoms with Crippen LogP contribution in [0.5, 0.6) is 0 Å². The lowest BCUT2D eigenvalue weighted by Crippen LogP contribution is -2.66. The van der Waals surface area contributed by atoms with Gasteiger partial charge in [0.25, 0.3) is 3.79 Å². The maximum Gasteiger partial charge on any atom is 0.407 e. The molecule has 5 atom stereocenters. The van der Waals surface area contributed by atoms with E-state index in [9.17, 15) is 4.79 Å². The minimum atomic E-state index is -2.25. The Balaban J connectivity index is 1.68. The van der Waals surface area contributed by atoms with Crippen LogP contribution in [-0.2, 0) is 48.2 Å². The molecule has 4 rings (SSSR count). The smallest absolute Gasteiger partial charge is 0.407 e. The average Bonchev–Trinajstić information content (AvgIpc) is 3.04. The Morgan fingerprint density at radius 2 is 1.23 bits per heavy atom. The second-order valence-corrected chi connectivity index (χ2v) is 15.2. The Morgan fingerprint density at radius 3 is 1.72 bits per heavy atom. The summed E-state index contributed by atoms with van der Waals surface area (Å²) < 4.78 is 32.0. The van der Waals surface area contributed by atoms with Crippen molar-refractivity contribution in [3.05, 3.63) is 108 Å². The van der Waals surface area contributed by atoms with Crippen molar-refractivity contribution < 1.29 is 33.2 Å². The van der Waals surface area contributed by atoms with E-state index in [1.165, 1.54) is 0 Å². The van der Waals surface area contributed by atoms with Crippen LogP contribution in [0, 0.1) is 5.41 Å². The van der Waals surface area contributed by atoms with E-state index in [2.05, 4.69) is 5.32 Å². The van der Waals surface area contributed by atoms with Gasteiger partial charge in [-0.05, 0) is 16.7 Å². The summed E-state index contributed by atoms with van der Waals surface area (Å²) in [4.78, 5) is 13.0. The molecule has 254 valence electrons. The number of halogens is 6. The lowest BCUT2D eigenvalue weighted by Gasteiger charge is -2.46. The van der Waals surface area contributed by atoms with Gasteiger partial charge in [0.1, 0.15) is 31.0 Å². The number of ether oxygens (including phenoxy) is 6. The zero-order valence-electron chi connectivity index (χ0n) is 24.7. The fourth-order valence-corrected chi connectivity index (χ4v) is 4.90. The molecule has 47 heavy (non-hydrogen) atoms. The number of rotatable bonds is 13. The highest BCUT2D eigenvalue weighted by Crippen LogP contribution is 2.33. The van der Waals surface area contributed by atoms with Crippen molar-refractivity contribution in [1.29, 1.82) is 5.41 Å². The van der Waals surface area contributed by atoms with Gasteiger partial charge in [0.2, 0.25) is 16.0 Å². The lowest BCUT2D eigenvalue weighted by atomic mass is 9.96. The zero-order chi connectivity index (χ0) is 33.9. The molecule has 0 spiro atoms. The SMILES string of the molecule is N=C(OC1O[C@H](COCc2ccccc2)[C@@H](OCc2ccccc2)[C@H](OCc2ccccc2)[C@H]1NC(=O)OCC(Cl)(Cl)Cl)C(Cl)(Cl)Cl. The highest BCUT2D eigenvalue weighted by molar-refractivity contribution is 6.76. The first-order chi connectivity index (χ1) is 22.4. The number of nitrogens with one attached hydrogen (secondary N) is 2. The molecule has 9 nitrogen and oxygen atoms in total. The van der Waals surface area contributed by atoms with Crippen molar-refractivity contribution in [2.45, 2.75) is 58.0 Å². The van der Waals surface area contributed by atoms with E-state index < -0.39 is 56.8 Å². The maximum atomic E-state index is 13.0. The molecule has 3 aromatic carbocycles. The summed E-state index contributed by atoms with van der Waals surface area (Å²) in [5, 5.41) is 10.9. The van der Waals surface area contributed by atoms with Crippen molar-refractivity contribution in [2.75, 3.05) is 13.2 Å². The fourth-order valence-electron chi connectivity index (χ4n) is 4.60. The van der Waals surface area contributed by atoms with Crippen LogP contribution in [0.15, 0.2) is 91.0 Å². The third kappa shape index (κ3) is 12.7. The first kappa shape index (κ1) is 37.8. The van der Waals surface area contributed by atoms with Crippen LogP contribution in [0.3, 0.4) is 0 Å². The van der Waals surface area contributed by atoms with Crippen molar-refractivity contribution in [3.63, 3.8) is 0 Å². The van der Waals surface area contributed by atoms with E-state index in [1.807, 2.05) is 91.0 Å². The maximum absolute atomic E-state index is 13.0. The fraction of sp³-hybridized carbons (Fsp3) is 0.375. The third-order valence-corrected chi connectivity index (χ3v) is 7.60. The van der Waals surface area contributed by atoms with Gasteiger partial charge in [-0.1, -0.05) is 161 Å². The van der Waals surface area contributed by atoms with Crippen LogP contribution in [0.2, 0.25) is 0 Å². The molecule has 0 radical (unpaired) electrons. The molecule has 0 aromatic heterocycles. The second kappa shape index (κ2) is 18.1. The monoisotopic (exact) mass is 766 g/mol. The molecule has 1 aliphatic heterocycles. The second-order valence-electron chi connectivity index (χ2n) is 10.4. The minimum absolute atomic E-state index is 0.00490. The number of carbonyl (C=O) groups is 1. The van der Waals surface area contributed by atoms with Crippen molar-refractivity contribution >= 4 is 81.6 Å². The largest absolute Gasteiger partial charge is 0.446 e. The van der Waals surface area contributed by atoms with Crippen LogP contribution in [-0.4, -0.2) is 63.4 Å². The highest BCUT2D eigenvalue weighted by Gasteiger charge is 2.51. The molecule has 0 bridgehead atoms. The molecule has 3 aromatic rings. The van der Waals surface area contributed by atoms with Crippen molar-refractivity contribution in [2.24, 2.45) is 0 Å². The van der Waals surface area contributed by atoms with Gasteiger partial charge >= 0.3 is 6.09 Å². The van der Waals surface area contributed by atoms with E-state index in [-0.39, 0.29) is 26.4 Å². The number of hydrogen-bond acceptors (Lipinski definition) is 8. The van der Waals surface area contributed by atoms with Crippen LogP contribution in [0.25, 0.3) is 0 Å². The summed E-state index contributed by atoms with van der Waals surface area (Å²) >= 11 is 35.3. The van der Waals surface area contributed by atoms with Crippen LogP contribution >= 0.6 is 69.6 Å². The summed E-state index contributed by atoms with van der Waals surface area (Å²) in [6, 6.07) is 27.2.